The molecule has 0 N–H and O–H groups in total. The maximum atomic E-state index is 8.41. The monoisotopic (exact) mass is 219 g/mol. The van der Waals surface area contributed by atoms with E-state index in [1.165, 1.54) is 10.5 Å². The van der Waals surface area contributed by atoms with Crippen LogP contribution in [0.4, 0.5) is 0 Å². The third-order valence-corrected chi connectivity index (χ3v) is 3.13. The molecule has 0 aliphatic heterocycles. The maximum absolute atomic E-state index is 8.41. The molecule has 15 heavy (non-hydrogen) atoms. The van der Waals surface area contributed by atoms with Crippen LogP contribution in [0.15, 0.2) is 29.2 Å². The molecule has 0 unspecified atom stereocenters. The highest BCUT2D eigenvalue weighted by Gasteiger charge is 1.95. The largest absolute Gasteiger partial charge is 0.198 e. The number of unbranched alkanes of at least 4 members (excludes halogenated alkanes) is 2. The van der Waals surface area contributed by atoms with Gasteiger partial charge in [-0.2, -0.15) is 5.26 Å². The van der Waals surface area contributed by atoms with E-state index in [9.17, 15) is 0 Å². The predicted molar refractivity (Wildman–Crippen MR) is 66.0 cm³/mol. The average Bonchev–Trinajstić information content (AvgIpc) is 2.27. The Hall–Kier alpha value is -0.940. The lowest BCUT2D eigenvalue weighted by Crippen LogP contribution is -1.85. The van der Waals surface area contributed by atoms with Crippen molar-refractivity contribution in [3.05, 3.63) is 29.8 Å². The van der Waals surface area contributed by atoms with Crippen LogP contribution in [-0.4, -0.2) is 5.75 Å². The van der Waals surface area contributed by atoms with Gasteiger partial charge in [0.25, 0.3) is 0 Å². The second-order valence-electron chi connectivity index (χ2n) is 3.44. The summed E-state index contributed by atoms with van der Waals surface area (Å²) in [5.74, 6) is 1.13. The second-order valence-corrected chi connectivity index (χ2v) is 4.78. The molecule has 0 spiro atoms. The number of aryl methyl sites for hydroxylation is 1. The van der Waals surface area contributed by atoms with Crippen molar-refractivity contribution >= 4 is 11.8 Å². The lowest BCUT2D eigenvalue weighted by molar-refractivity contribution is 0.752. The van der Waals surface area contributed by atoms with Crippen LogP contribution in [0.1, 0.15) is 31.7 Å². The first-order valence-corrected chi connectivity index (χ1v) is 6.44. The zero-order valence-corrected chi connectivity index (χ0v) is 10.0. The molecule has 2 heteroatoms. The third kappa shape index (κ3) is 4.90. The predicted octanol–water partition coefficient (Wildman–Crippen LogP) is 4.03. The molecule has 1 aromatic carbocycles. The van der Waals surface area contributed by atoms with Gasteiger partial charge in [0.2, 0.25) is 0 Å². The van der Waals surface area contributed by atoms with Gasteiger partial charge in [-0.25, -0.2) is 0 Å². The van der Waals surface area contributed by atoms with Crippen LogP contribution in [0.25, 0.3) is 0 Å². The van der Waals surface area contributed by atoms with E-state index in [0.717, 1.165) is 25.0 Å². The van der Waals surface area contributed by atoms with Crippen molar-refractivity contribution < 1.29 is 0 Å². The number of nitriles is 1. The van der Waals surface area contributed by atoms with E-state index >= 15 is 0 Å². The summed E-state index contributed by atoms with van der Waals surface area (Å²) in [5, 5.41) is 8.41. The van der Waals surface area contributed by atoms with Crippen LogP contribution >= 0.6 is 11.8 Å². The first-order valence-electron chi connectivity index (χ1n) is 5.45. The SMILES string of the molecule is CCSc1ccc(CCCCC#N)cc1. The first kappa shape index (κ1) is 12.1. The summed E-state index contributed by atoms with van der Waals surface area (Å²) in [7, 11) is 0. The van der Waals surface area contributed by atoms with Crippen molar-refractivity contribution in [2.75, 3.05) is 5.75 Å². The van der Waals surface area contributed by atoms with Crippen LogP contribution in [0.2, 0.25) is 0 Å². The van der Waals surface area contributed by atoms with Crippen LogP contribution < -0.4 is 0 Å². The molecule has 0 aliphatic carbocycles. The van der Waals surface area contributed by atoms with Crippen LogP contribution in [-0.2, 0) is 6.42 Å². The normalized spacial score (nSPS) is 9.87. The van der Waals surface area contributed by atoms with E-state index in [2.05, 4.69) is 37.3 Å². The van der Waals surface area contributed by atoms with Gasteiger partial charge in [0.15, 0.2) is 0 Å². The molecule has 0 saturated heterocycles. The van der Waals surface area contributed by atoms with Gasteiger partial charge in [-0.3, -0.25) is 0 Å². The zero-order chi connectivity index (χ0) is 10.9. The molecule has 1 nitrogen and oxygen atoms in total. The molecular formula is C13H17NS. The highest BCUT2D eigenvalue weighted by atomic mass is 32.2. The number of rotatable bonds is 6. The molecule has 0 aromatic heterocycles. The van der Waals surface area contributed by atoms with E-state index in [4.69, 9.17) is 5.26 Å². The standard InChI is InChI=1S/C13H17NS/c1-2-15-13-9-7-12(8-10-13)6-4-3-5-11-14/h7-10H,2-6H2,1H3. The average molecular weight is 219 g/mol. The van der Waals surface area contributed by atoms with Gasteiger partial charge in [0.1, 0.15) is 0 Å². The van der Waals surface area contributed by atoms with E-state index in [-0.39, 0.29) is 0 Å². The van der Waals surface area contributed by atoms with Crippen LogP contribution in [0, 0.1) is 11.3 Å². The van der Waals surface area contributed by atoms with Gasteiger partial charge in [-0.15, -0.1) is 11.8 Å². The van der Waals surface area contributed by atoms with E-state index in [0.29, 0.717) is 6.42 Å². The summed E-state index contributed by atoms with van der Waals surface area (Å²) < 4.78 is 0. The van der Waals surface area contributed by atoms with Gasteiger partial charge in [-0.1, -0.05) is 19.1 Å². The van der Waals surface area contributed by atoms with Gasteiger partial charge in [0, 0.05) is 11.3 Å². The van der Waals surface area contributed by atoms with E-state index < -0.39 is 0 Å². The maximum Gasteiger partial charge on any atom is 0.0621 e. The second kappa shape index (κ2) is 7.36. The number of hydrogen-bond acceptors (Lipinski definition) is 2. The molecule has 0 aliphatic rings. The highest BCUT2D eigenvalue weighted by molar-refractivity contribution is 7.99. The fraction of sp³-hybridized carbons (Fsp3) is 0.462. The minimum absolute atomic E-state index is 0.684. The Morgan fingerprint density at radius 1 is 1.20 bits per heavy atom. The molecule has 0 amide bonds. The number of thioether (sulfide) groups is 1. The lowest BCUT2D eigenvalue weighted by atomic mass is 10.1. The quantitative estimate of drug-likeness (QED) is 0.532. The first-order chi connectivity index (χ1) is 7.36. The number of nitrogens with zero attached hydrogens (tertiary/aromatic N) is 1. The fourth-order valence-electron chi connectivity index (χ4n) is 1.45. The fourth-order valence-corrected chi connectivity index (χ4v) is 2.11. The lowest BCUT2D eigenvalue weighted by Gasteiger charge is -2.02. The van der Waals surface area contributed by atoms with E-state index in [1.807, 2.05) is 11.8 Å². The Kier molecular flexibility index (Phi) is 5.96. The number of benzene rings is 1. The molecular weight excluding hydrogens is 202 g/mol. The molecule has 0 bridgehead atoms. The molecule has 0 saturated carbocycles. The van der Waals surface area contributed by atoms with Crippen molar-refractivity contribution in [3.63, 3.8) is 0 Å². The Morgan fingerprint density at radius 3 is 2.53 bits per heavy atom. The molecule has 1 aromatic rings. The topological polar surface area (TPSA) is 23.8 Å². The Morgan fingerprint density at radius 2 is 1.93 bits per heavy atom. The minimum Gasteiger partial charge on any atom is -0.198 e. The summed E-state index contributed by atoms with van der Waals surface area (Å²) >= 11 is 1.87. The summed E-state index contributed by atoms with van der Waals surface area (Å²) in [5.41, 5.74) is 1.38. The highest BCUT2D eigenvalue weighted by Crippen LogP contribution is 2.18. The van der Waals surface area contributed by atoms with Gasteiger partial charge in [-0.05, 0) is 42.7 Å². The van der Waals surface area contributed by atoms with Crippen molar-refractivity contribution in [1.29, 1.82) is 5.26 Å². The molecule has 0 fully saturated rings. The van der Waals surface area contributed by atoms with E-state index in [1.54, 1.807) is 0 Å². The van der Waals surface area contributed by atoms with Crippen molar-refractivity contribution in [3.8, 4) is 6.07 Å². The third-order valence-electron chi connectivity index (χ3n) is 2.24. The molecule has 0 radical (unpaired) electrons. The van der Waals surface area contributed by atoms with Crippen molar-refractivity contribution in [2.45, 2.75) is 37.5 Å². The molecule has 80 valence electrons. The van der Waals surface area contributed by atoms with Gasteiger partial charge in [0.05, 0.1) is 6.07 Å². The van der Waals surface area contributed by atoms with Gasteiger partial charge < -0.3 is 0 Å². The summed E-state index contributed by atoms with van der Waals surface area (Å²) in [6.07, 6.45) is 3.91. The Labute approximate surface area is 96.5 Å². The molecule has 1 rings (SSSR count). The Balaban J connectivity index is 2.33. The zero-order valence-electron chi connectivity index (χ0n) is 9.20. The summed E-state index contributed by atoms with van der Waals surface area (Å²) in [6.45, 7) is 2.17. The van der Waals surface area contributed by atoms with Crippen LogP contribution in [0.5, 0.6) is 0 Å². The minimum atomic E-state index is 0.684. The van der Waals surface area contributed by atoms with Crippen molar-refractivity contribution in [1.82, 2.24) is 0 Å². The molecule has 0 atom stereocenters. The van der Waals surface area contributed by atoms with Crippen LogP contribution in [0.3, 0.4) is 0 Å². The molecule has 0 heterocycles. The number of hydrogen-bond donors (Lipinski definition) is 0. The van der Waals surface area contributed by atoms with Gasteiger partial charge >= 0.3 is 0 Å². The summed E-state index contributed by atoms with van der Waals surface area (Å²) in [4.78, 5) is 1.35. The smallest absolute Gasteiger partial charge is 0.0621 e. The van der Waals surface area contributed by atoms with Crippen molar-refractivity contribution in [2.24, 2.45) is 0 Å². The Bertz CT molecular complexity index is 310. The summed E-state index contributed by atoms with van der Waals surface area (Å²) in [6, 6.07) is 11.0.